The van der Waals surface area contributed by atoms with E-state index in [9.17, 15) is 18.0 Å². The zero-order valence-corrected chi connectivity index (χ0v) is 11.7. The van der Waals surface area contributed by atoms with Crippen LogP contribution in [0.25, 0.3) is 11.0 Å². The van der Waals surface area contributed by atoms with Gasteiger partial charge in [0.25, 0.3) is 0 Å². The Morgan fingerprint density at radius 1 is 1.41 bits per heavy atom. The zero-order chi connectivity index (χ0) is 15.9. The Morgan fingerprint density at radius 2 is 2.14 bits per heavy atom. The lowest BCUT2D eigenvalue weighted by Gasteiger charge is -2.09. The Bertz CT molecular complexity index is 720. The molecular weight excluding hydrogens is 301 g/mol. The molecule has 0 unspecified atom stereocenters. The Labute approximate surface area is 123 Å². The minimum Gasteiger partial charge on any atom is -0.468 e. The summed E-state index contributed by atoms with van der Waals surface area (Å²) in [4.78, 5) is 15.9. The summed E-state index contributed by atoms with van der Waals surface area (Å²) in [6, 6.07) is 3.06. The fraction of sp³-hybridized carbons (Fsp3) is 0.429. The minimum absolute atomic E-state index is 0.124. The van der Waals surface area contributed by atoms with Crippen molar-refractivity contribution in [2.24, 2.45) is 0 Å². The van der Waals surface area contributed by atoms with Crippen LogP contribution in [0, 0.1) is 0 Å². The molecule has 0 aliphatic heterocycles. The summed E-state index contributed by atoms with van der Waals surface area (Å²) in [5, 5.41) is 0.540. The Kier molecular flexibility index (Phi) is 3.46. The minimum atomic E-state index is -4.42. The van der Waals surface area contributed by atoms with Crippen LogP contribution in [-0.4, -0.2) is 35.4 Å². The number of esters is 1. The summed E-state index contributed by atoms with van der Waals surface area (Å²) in [5.41, 5.74) is 0.779. The number of pyridine rings is 1. The normalized spacial score (nSPS) is 15.1. The molecule has 0 spiro atoms. The van der Waals surface area contributed by atoms with E-state index in [-0.39, 0.29) is 11.9 Å². The van der Waals surface area contributed by atoms with Crippen LogP contribution in [0.1, 0.15) is 29.2 Å². The third-order valence-corrected chi connectivity index (χ3v) is 3.38. The van der Waals surface area contributed by atoms with Crippen LogP contribution in [0.5, 0.6) is 5.88 Å². The maximum Gasteiger partial charge on any atom is 0.422 e. The van der Waals surface area contributed by atoms with Crippen LogP contribution >= 0.6 is 0 Å². The first-order chi connectivity index (χ1) is 10.4. The van der Waals surface area contributed by atoms with Crippen molar-refractivity contribution < 1.29 is 27.4 Å². The molecule has 0 N–H and O–H groups in total. The quantitative estimate of drug-likeness (QED) is 0.814. The van der Waals surface area contributed by atoms with Crippen LogP contribution in [0.3, 0.4) is 0 Å². The number of hydrogen-bond donors (Lipinski definition) is 0. The van der Waals surface area contributed by atoms with Crippen LogP contribution in [0.4, 0.5) is 13.2 Å². The van der Waals surface area contributed by atoms with Crippen molar-refractivity contribution in [3.05, 3.63) is 23.9 Å². The number of halogens is 3. The molecule has 1 saturated carbocycles. The second kappa shape index (κ2) is 5.19. The van der Waals surface area contributed by atoms with Gasteiger partial charge in [-0.2, -0.15) is 18.2 Å². The standard InChI is InChI=1S/C14H13F3N2O3/c1-21-13(20)10-6-19(8-2-3-8)12-9(10)4-5-11(18-12)22-7-14(15,16)17/h4-6,8H,2-3,7H2,1H3. The molecule has 1 aliphatic rings. The highest BCUT2D eigenvalue weighted by molar-refractivity contribution is 6.03. The van der Waals surface area contributed by atoms with E-state index in [0.29, 0.717) is 16.6 Å². The second-order valence-corrected chi connectivity index (χ2v) is 5.10. The van der Waals surface area contributed by atoms with Gasteiger partial charge in [0.15, 0.2) is 6.61 Å². The van der Waals surface area contributed by atoms with Crippen molar-refractivity contribution in [3.8, 4) is 5.88 Å². The molecule has 0 aromatic carbocycles. The summed E-state index contributed by atoms with van der Waals surface area (Å²) in [6.45, 7) is -1.40. The number of alkyl halides is 3. The van der Waals surface area contributed by atoms with Gasteiger partial charge >= 0.3 is 12.1 Å². The van der Waals surface area contributed by atoms with Gasteiger partial charge in [0.05, 0.1) is 12.7 Å². The smallest absolute Gasteiger partial charge is 0.422 e. The third kappa shape index (κ3) is 2.86. The monoisotopic (exact) mass is 314 g/mol. The van der Waals surface area contributed by atoms with E-state index in [0.717, 1.165) is 12.8 Å². The number of ether oxygens (including phenoxy) is 2. The van der Waals surface area contributed by atoms with Gasteiger partial charge < -0.3 is 14.0 Å². The van der Waals surface area contributed by atoms with E-state index in [1.807, 2.05) is 0 Å². The number of rotatable bonds is 4. The van der Waals surface area contributed by atoms with Gasteiger partial charge in [-0.05, 0) is 18.9 Å². The number of nitrogens with zero attached hydrogens (tertiary/aromatic N) is 2. The summed E-state index contributed by atoms with van der Waals surface area (Å²) in [7, 11) is 1.27. The number of aromatic nitrogens is 2. The molecule has 118 valence electrons. The van der Waals surface area contributed by atoms with E-state index in [2.05, 4.69) is 9.72 Å². The average Bonchev–Trinajstić information content (AvgIpc) is 3.24. The molecule has 1 fully saturated rings. The van der Waals surface area contributed by atoms with Gasteiger partial charge in [-0.15, -0.1) is 0 Å². The van der Waals surface area contributed by atoms with Crippen molar-refractivity contribution in [3.63, 3.8) is 0 Å². The fourth-order valence-corrected chi connectivity index (χ4v) is 2.25. The van der Waals surface area contributed by atoms with Gasteiger partial charge in [0.1, 0.15) is 5.65 Å². The lowest BCUT2D eigenvalue weighted by atomic mass is 10.2. The van der Waals surface area contributed by atoms with Crippen molar-refractivity contribution in [1.29, 1.82) is 0 Å². The van der Waals surface area contributed by atoms with E-state index < -0.39 is 18.8 Å². The molecule has 0 radical (unpaired) electrons. The van der Waals surface area contributed by atoms with Crippen molar-refractivity contribution in [2.75, 3.05) is 13.7 Å². The average molecular weight is 314 g/mol. The predicted octanol–water partition coefficient (Wildman–Crippen LogP) is 3.10. The molecular formula is C14H13F3N2O3. The van der Waals surface area contributed by atoms with Gasteiger partial charge in [0.2, 0.25) is 5.88 Å². The third-order valence-electron chi connectivity index (χ3n) is 3.38. The molecule has 0 amide bonds. The summed E-state index contributed by atoms with van der Waals surface area (Å²) in [5.74, 6) is -0.628. The van der Waals surface area contributed by atoms with E-state index >= 15 is 0 Å². The number of fused-ring (bicyclic) bond motifs is 1. The molecule has 8 heteroatoms. The molecule has 0 bridgehead atoms. The van der Waals surface area contributed by atoms with Gasteiger partial charge in [-0.25, -0.2) is 4.79 Å². The molecule has 0 saturated heterocycles. The maximum absolute atomic E-state index is 12.2. The molecule has 2 aromatic rings. The van der Waals surface area contributed by atoms with Crippen LogP contribution < -0.4 is 4.74 Å². The first-order valence-electron chi connectivity index (χ1n) is 6.68. The molecule has 22 heavy (non-hydrogen) atoms. The first-order valence-corrected chi connectivity index (χ1v) is 6.68. The largest absolute Gasteiger partial charge is 0.468 e. The molecule has 0 atom stereocenters. The topological polar surface area (TPSA) is 53.4 Å². The molecule has 2 aromatic heterocycles. The summed E-state index contributed by atoms with van der Waals surface area (Å²) < 4.78 is 47.8. The number of hydrogen-bond acceptors (Lipinski definition) is 4. The number of carbonyl (C=O) groups excluding carboxylic acids is 1. The van der Waals surface area contributed by atoms with Crippen LogP contribution in [0.15, 0.2) is 18.3 Å². The maximum atomic E-state index is 12.2. The lowest BCUT2D eigenvalue weighted by molar-refractivity contribution is -0.154. The predicted molar refractivity (Wildman–Crippen MR) is 70.9 cm³/mol. The fourth-order valence-electron chi connectivity index (χ4n) is 2.25. The SMILES string of the molecule is COC(=O)c1cn(C2CC2)c2nc(OCC(F)(F)F)ccc12. The van der Waals surface area contributed by atoms with Crippen LogP contribution in [0.2, 0.25) is 0 Å². The van der Waals surface area contributed by atoms with E-state index in [1.54, 1.807) is 10.8 Å². The highest BCUT2D eigenvalue weighted by atomic mass is 19.4. The summed E-state index contributed by atoms with van der Waals surface area (Å²) >= 11 is 0. The first kappa shape index (κ1) is 14.7. The summed E-state index contributed by atoms with van der Waals surface area (Å²) in [6.07, 6.45) is -0.902. The highest BCUT2D eigenvalue weighted by Gasteiger charge is 2.30. The highest BCUT2D eigenvalue weighted by Crippen LogP contribution is 2.39. The molecule has 3 rings (SSSR count). The number of carbonyl (C=O) groups is 1. The Morgan fingerprint density at radius 3 is 2.73 bits per heavy atom. The van der Waals surface area contributed by atoms with E-state index in [4.69, 9.17) is 4.74 Å². The van der Waals surface area contributed by atoms with E-state index in [1.165, 1.54) is 19.2 Å². The Hall–Kier alpha value is -2.25. The zero-order valence-electron chi connectivity index (χ0n) is 11.7. The molecule has 5 nitrogen and oxygen atoms in total. The van der Waals surface area contributed by atoms with Gasteiger partial charge in [0, 0.05) is 23.7 Å². The Balaban J connectivity index is 1.99. The van der Waals surface area contributed by atoms with Gasteiger partial charge in [-0.1, -0.05) is 0 Å². The lowest BCUT2D eigenvalue weighted by Crippen LogP contribution is -2.19. The molecule has 2 heterocycles. The molecule has 1 aliphatic carbocycles. The number of methoxy groups -OCH3 is 1. The van der Waals surface area contributed by atoms with Crippen molar-refractivity contribution in [2.45, 2.75) is 25.1 Å². The van der Waals surface area contributed by atoms with Gasteiger partial charge in [-0.3, -0.25) is 0 Å². The second-order valence-electron chi connectivity index (χ2n) is 5.10. The van der Waals surface area contributed by atoms with Crippen molar-refractivity contribution in [1.82, 2.24) is 9.55 Å². The van der Waals surface area contributed by atoms with Crippen molar-refractivity contribution >= 4 is 17.0 Å². The van der Waals surface area contributed by atoms with Crippen LogP contribution in [-0.2, 0) is 4.74 Å².